The van der Waals surface area contributed by atoms with Gasteiger partial charge >= 0.3 is 0 Å². The highest BCUT2D eigenvalue weighted by Gasteiger charge is 2.34. The molecule has 2 aliphatic heterocycles. The summed E-state index contributed by atoms with van der Waals surface area (Å²) in [6, 6.07) is 0.633. The zero-order valence-corrected chi connectivity index (χ0v) is 8.75. The van der Waals surface area contributed by atoms with Gasteiger partial charge < -0.3 is 10.6 Å². The third kappa shape index (κ3) is 2.07. The lowest BCUT2D eigenvalue weighted by molar-refractivity contribution is -0.121. The van der Waals surface area contributed by atoms with E-state index in [0.717, 1.165) is 25.6 Å². The van der Waals surface area contributed by atoms with Crippen molar-refractivity contribution in [2.45, 2.75) is 18.9 Å². The fraction of sp³-hybridized carbons (Fsp3) is 0.900. The zero-order valence-electron chi connectivity index (χ0n) is 8.75. The Bertz CT molecular complexity index is 205. The van der Waals surface area contributed by atoms with Gasteiger partial charge in [0.2, 0.25) is 5.91 Å². The van der Waals surface area contributed by atoms with Crippen LogP contribution >= 0.6 is 0 Å². The van der Waals surface area contributed by atoms with Crippen LogP contribution in [0.2, 0.25) is 0 Å². The number of hydrogen-bond acceptors (Lipinski definition) is 3. The smallest absolute Gasteiger partial charge is 0.233 e. The van der Waals surface area contributed by atoms with Crippen molar-refractivity contribution in [1.29, 1.82) is 0 Å². The molecule has 4 heteroatoms. The van der Waals surface area contributed by atoms with Crippen LogP contribution in [0.15, 0.2) is 0 Å². The van der Waals surface area contributed by atoms with Crippen LogP contribution in [-0.4, -0.2) is 50.1 Å². The van der Waals surface area contributed by atoms with E-state index in [1.54, 1.807) is 7.05 Å². The second-order valence-electron chi connectivity index (χ2n) is 4.33. The highest BCUT2D eigenvalue weighted by molar-refractivity contribution is 5.77. The third-order valence-corrected chi connectivity index (χ3v) is 3.32. The number of likely N-dealkylation sites (tertiary alicyclic amines) is 1. The number of likely N-dealkylation sites (N-methyl/N-ethyl adjacent to an activating group) is 1. The maximum atomic E-state index is 11.2. The largest absolute Gasteiger partial charge is 0.358 e. The van der Waals surface area contributed by atoms with Gasteiger partial charge in [0.25, 0.3) is 0 Å². The minimum atomic E-state index is 0.128. The number of amides is 1. The summed E-state index contributed by atoms with van der Waals surface area (Å²) in [4.78, 5) is 13.5. The zero-order chi connectivity index (χ0) is 9.97. The molecule has 2 fully saturated rings. The van der Waals surface area contributed by atoms with E-state index in [9.17, 15) is 4.79 Å². The van der Waals surface area contributed by atoms with E-state index in [1.807, 2.05) is 0 Å². The highest BCUT2D eigenvalue weighted by Crippen LogP contribution is 2.24. The lowest BCUT2D eigenvalue weighted by Crippen LogP contribution is -2.41. The van der Waals surface area contributed by atoms with Crippen LogP contribution in [0.5, 0.6) is 0 Å². The number of carbonyl (C=O) groups excluding carboxylic acids is 1. The van der Waals surface area contributed by atoms with Crippen LogP contribution in [-0.2, 0) is 4.79 Å². The summed E-state index contributed by atoms with van der Waals surface area (Å²) in [7, 11) is 1.70. The van der Waals surface area contributed by atoms with Crippen LogP contribution in [0.4, 0.5) is 0 Å². The topological polar surface area (TPSA) is 44.4 Å². The van der Waals surface area contributed by atoms with E-state index in [2.05, 4.69) is 15.5 Å². The number of rotatable bonds is 2. The number of hydrogen-bond donors (Lipinski definition) is 2. The molecule has 2 N–H and O–H groups in total. The van der Waals surface area contributed by atoms with Crippen molar-refractivity contribution in [2.75, 3.05) is 33.2 Å². The maximum Gasteiger partial charge on any atom is 0.233 e. The molecule has 0 spiro atoms. The number of nitrogens with zero attached hydrogens (tertiary/aromatic N) is 1. The molecule has 0 saturated carbocycles. The van der Waals surface area contributed by atoms with Gasteiger partial charge in [-0.15, -0.1) is 0 Å². The van der Waals surface area contributed by atoms with Crippen LogP contribution in [0.25, 0.3) is 0 Å². The average Bonchev–Trinajstić information content (AvgIpc) is 2.59. The van der Waals surface area contributed by atoms with Crippen molar-refractivity contribution < 1.29 is 4.79 Å². The molecule has 0 aliphatic carbocycles. The summed E-state index contributed by atoms with van der Waals surface area (Å²) in [5.41, 5.74) is 0. The Morgan fingerprint density at radius 1 is 1.57 bits per heavy atom. The van der Waals surface area contributed by atoms with E-state index < -0.39 is 0 Å². The first-order valence-corrected chi connectivity index (χ1v) is 5.46. The minimum Gasteiger partial charge on any atom is -0.358 e. The Morgan fingerprint density at radius 2 is 2.43 bits per heavy atom. The van der Waals surface area contributed by atoms with Gasteiger partial charge in [-0.1, -0.05) is 0 Å². The number of carbonyl (C=O) groups is 1. The molecular weight excluding hydrogens is 178 g/mol. The summed E-state index contributed by atoms with van der Waals surface area (Å²) in [6.45, 7) is 3.84. The Balaban J connectivity index is 1.83. The van der Waals surface area contributed by atoms with Gasteiger partial charge in [0.1, 0.15) is 0 Å². The summed E-state index contributed by atoms with van der Waals surface area (Å²) in [5.74, 6) is 0.900. The minimum absolute atomic E-state index is 0.128. The first kappa shape index (κ1) is 9.93. The standard InChI is InChI=1S/C10H19N3O/c1-11-10(14)7-13-5-8-3-2-4-12-9(8)6-13/h8-9,12H,2-7H2,1H3,(H,11,14). The second kappa shape index (κ2) is 4.28. The molecule has 0 aromatic rings. The first-order chi connectivity index (χ1) is 6.79. The van der Waals surface area contributed by atoms with Crippen molar-refractivity contribution in [2.24, 2.45) is 5.92 Å². The molecule has 2 rings (SSSR count). The predicted molar refractivity (Wildman–Crippen MR) is 55.0 cm³/mol. The molecule has 0 aromatic carbocycles. The van der Waals surface area contributed by atoms with Crippen LogP contribution in [0, 0.1) is 5.92 Å². The van der Waals surface area contributed by atoms with Crippen LogP contribution in [0.1, 0.15) is 12.8 Å². The molecule has 0 aromatic heterocycles. The molecule has 2 atom stereocenters. The first-order valence-electron chi connectivity index (χ1n) is 5.46. The van der Waals surface area contributed by atoms with E-state index in [-0.39, 0.29) is 5.91 Å². The molecule has 0 bridgehead atoms. The van der Waals surface area contributed by atoms with E-state index in [4.69, 9.17) is 0 Å². The normalized spacial score (nSPS) is 32.6. The molecule has 14 heavy (non-hydrogen) atoms. The lowest BCUT2D eigenvalue weighted by Gasteiger charge is -2.24. The average molecular weight is 197 g/mol. The molecule has 2 aliphatic rings. The van der Waals surface area contributed by atoms with Gasteiger partial charge in [-0.2, -0.15) is 0 Å². The Labute approximate surface area is 85.0 Å². The summed E-state index contributed by atoms with van der Waals surface area (Å²) >= 11 is 0. The van der Waals surface area contributed by atoms with Crippen LogP contribution < -0.4 is 10.6 Å². The fourth-order valence-corrected chi connectivity index (χ4v) is 2.55. The van der Waals surface area contributed by atoms with E-state index in [0.29, 0.717) is 12.6 Å². The lowest BCUT2D eigenvalue weighted by atomic mass is 9.94. The third-order valence-electron chi connectivity index (χ3n) is 3.32. The SMILES string of the molecule is CNC(=O)CN1CC2CCCNC2C1. The van der Waals surface area contributed by atoms with Gasteiger partial charge in [-0.05, 0) is 25.3 Å². The molecule has 0 radical (unpaired) electrons. The van der Waals surface area contributed by atoms with E-state index >= 15 is 0 Å². The maximum absolute atomic E-state index is 11.2. The number of piperidine rings is 1. The monoisotopic (exact) mass is 197 g/mol. The Kier molecular flexibility index (Phi) is 3.03. The summed E-state index contributed by atoms with van der Waals surface area (Å²) < 4.78 is 0. The molecular formula is C10H19N3O. The van der Waals surface area contributed by atoms with Gasteiger partial charge in [-0.25, -0.2) is 0 Å². The quantitative estimate of drug-likeness (QED) is 0.622. The van der Waals surface area contributed by atoms with Crippen molar-refractivity contribution in [3.8, 4) is 0 Å². The van der Waals surface area contributed by atoms with Gasteiger partial charge in [0.05, 0.1) is 6.54 Å². The summed E-state index contributed by atoms with van der Waals surface area (Å²) in [6.07, 6.45) is 2.61. The second-order valence-corrected chi connectivity index (χ2v) is 4.33. The van der Waals surface area contributed by atoms with Gasteiger partial charge in [0, 0.05) is 26.2 Å². The molecule has 80 valence electrons. The molecule has 2 unspecified atom stereocenters. The van der Waals surface area contributed by atoms with Crippen molar-refractivity contribution in [3.63, 3.8) is 0 Å². The molecule has 1 amide bonds. The van der Waals surface area contributed by atoms with Crippen molar-refractivity contribution >= 4 is 5.91 Å². The van der Waals surface area contributed by atoms with Gasteiger partial charge in [0.15, 0.2) is 0 Å². The van der Waals surface area contributed by atoms with Gasteiger partial charge in [-0.3, -0.25) is 9.69 Å². The Hall–Kier alpha value is -0.610. The predicted octanol–water partition coefficient (Wildman–Crippen LogP) is -0.584. The number of fused-ring (bicyclic) bond motifs is 1. The Morgan fingerprint density at radius 3 is 3.14 bits per heavy atom. The summed E-state index contributed by atoms with van der Waals surface area (Å²) in [5, 5.41) is 6.20. The van der Waals surface area contributed by atoms with Crippen molar-refractivity contribution in [3.05, 3.63) is 0 Å². The molecule has 4 nitrogen and oxygen atoms in total. The highest BCUT2D eigenvalue weighted by atomic mass is 16.1. The molecule has 2 saturated heterocycles. The number of nitrogens with one attached hydrogen (secondary N) is 2. The van der Waals surface area contributed by atoms with Crippen LogP contribution in [0.3, 0.4) is 0 Å². The fourth-order valence-electron chi connectivity index (χ4n) is 2.55. The molecule has 2 heterocycles. The van der Waals surface area contributed by atoms with E-state index in [1.165, 1.54) is 12.8 Å². The van der Waals surface area contributed by atoms with Crippen molar-refractivity contribution in [1.82, 2.24) is 15.5 Å².